The summed E-state index contributed by atoms with van der Waals surface area (Å²) in [6.07, 6.45) is 1.59. The van der Waals surface area contributed by atoms with Crippen molar-refractivity contribution in [3.63, 3.8) is 0 Å². The minimum atomic E-state index is -0.424. The number of amides is 1. The quantitative estimate of drug-likeness (QED) is 0.202. The molecule has 3 aromatic carbocycles. The molecule has 0 aliphatic carbocycles. The average molecular weight is 599 g/mol. The fourth-order valence-corrected chi connectivity index (χ4v) is 5.53. The number of carbonyl (C=O) groups excluding carboxylic acids is 1. The van der Waals surface area contributed by atoms with Crippen LogP contribution < -0.4 is 10.6 Å². The Morgan fingerprint density at radius 3 is 2.53 bits per heavy atom. The Morgan fingerprint density at radius 2 is 1.79 bits per heavy atom. The zero-order valence-electron chi connectivity index (χ0n) is 20.8. The van der Waals surface area contributed by atoms with Crippen molar-refractivity contribution in [2.45, 2.75) is 25.3 Å². The summed E-state index contributed by atoms with van der Waals surface area (Å²) in [4.78, 5) is 15.2. The zero-order chi connectivity index (χ0) is 26.6. The van der Waals surface area contributed by atoms with Gasteiger partial charge in [-0.15, -0.1) is 0 Å². The lowest BCUT2D eigenvalue weighted by atomic mass is 9.92. The van der Waals surface area contributed by atoms with Crippen molar-refractivity contribution in [2.75, 3.05) is 32.2 Å². The molecule has 0 bridgehead atoms. The van der Waals surface area contributed by atoms with Crippen molar-refractivity contribution in [2.24, 2.45) is 0 Å². The van der Waals surface area contributed by atoms with E-state index in [1.807, 2.05) is 12.1 Å². The Kier molecular flexibility index (Phi) is 8.24. The molecule has 0 saturated carbocycles. The maximum absolute atomic E-state index is 13.5. The fraction of sp³-hybridized carbons (Fsp3) is 0.276. The van der Waals surface area contributed by atoms with Crippen molar-refractivity contribution in [3.05, 3.63) is 98.6 Å². The third-order valence-corrected chi connectivity index (χ3v) is 7.63. The highest BCUT2D eigenvalue weighted by Crippen LogP contribution is 2.39. The molecule has 1 aliphatic rings. The lowest BCUT2D eigenvalue weighted by molar-refractivity contribution is 0.0944. The molecule has 198 valence electrons. The Bertz CT molecular complexity index is 1420. The largest absolute Gasteiger partial charge is 0.415 e. The van der Waals surface area contributed by atoms with Crippen LogP contribution >= 0.6 is 27.5 Å². The number of rotatable bonds is 8. The highest BCUT2D eigenvalue weighted by Gasteiger charge is 2.36. The van der Waals surface area contributed by atoms with Gasteiger partial charge < -0.3 is 20.4 Å². The second-order valence-electron chi connectivity index (χ2n) is 9.28. The molecular weight excluding hydrogens is 570 g/mol. The number of halogens is 2. The number of carbonyl (C=O) groups is 1. The van der Waals surface area contributed by atoms with Gasteiger partial charge >= 0.3 is 6.09 Å². The fourth-order valence-electron chi connectivity index (χ4n) is 5.04. The van der Waals surface area contributed by atoms with Crippen molar-refractivity contribution in [3.8, 4) is 5.75 Å². The predicted molar refractivity (Wildman–Crippen MR) is 152 cm³/mol. The third kappa shape index (κ3) is 5.68. The number of aromatic nitrogens is 1. The number of hydrogen-bond donors (Lipinski definition) is 2. The normalized spacial score (nSPS) is 15.0. The highest BCUT2D eigenvalue weighted by atomic mass is 79.9. The van der Waals surface area contributed by atoms with Crippen LogP contribution in [0.5, 0.6) is 5.75 Å². The first kappa shape index (κ1) is 26.6. The summed E-state index contributed by atoms with van der Waals surface area (Å²) in [5.74, 6) is 7.10. The average Bonchev–Trinajstić information content (AvgIpc) is 3.20. The maximum atomic E-state index is 13.5. The molecule has 0 fully saturated rings. The summed E-state index contributed by atoms with van der Waals surface area (Å²) in [5.41, 5.74) is 5.22. The summed E-state index contributed by atoms with van der Waals surface area (Å²) < 4.78 is 13.8. The van der Waals surface area contributed by atoms with E-state index in [1.165, 1.54) is 0 Å². The lowest BCUT2D eigenvalue weighted by Crippen LogP contribution is -2.43. The Hall–Kier alpha value is -3.04. The van der Waals surface area contributed by atoms with Gasteiger partial charge in [-0.25, -0.2) is 4.79 Å². The Morgan fingerprint density at radius 1 is 1.05 bits per heavy atom. The molecule has 0 spiro atoms. The van der Waals surface area contributed by atoms with Crippen LogP contribution in [0.1, 0.15) is 28.4 Å². The molecule has 2 heterocycles. The molecule has 9 heteroatoms. The van der Waals surface area contributed by atoms with Gasteiger partial charge in [0.25, 0.3) is 0 Å². The molecule has 3 N–H and O–H groups in total. The Balaban J connectivity index is 1.45. The number of ether oxygens (including phenoxy) is 2. The smallest absolute Gasteiger partial charge is 0.410 e. The van der Waals surface area contributed by atoms with Crippen LogP contribution in [0.4, 0.5) is 4.79 Å². The van der Waals surface area contributed by atoms with E-state index < -0.39 is 6.09 Å². The molecular formula is C29H29BrClN3O4. The van der Waals surface area contributed by atoms with Gasteiger partial charge in [-0.05, 0) is 78.4 Å². The number of aliphatic hydroxyl groups is 1. The van der Waals surface area contributed by atoms with Crippen LogP contribution in [0.15, 0.2) is 71.2 Å². The summed E-state index contributed by atoms with van der Waals surface area (Å²) in [7, 11) is 0. The van der Waals surface area contributed by atoms with Gasteiger partial charge in [-0.1, -0.05) is 51.8 Å². The van der Waals surface area contributed by atoms with Crippen molar-refractivity contribution < 1.29 is 19.4 Å². The van der Waals surface area contributed by atoms with E-state index in [2.05, 4.69) is 46.3 Å². The molecule has 0 saturated heterocycles. The first-order valence-corrected chi connectivity index (χ1v) is 13.7. The van der Waals surface area contributed by atoms with Crippen LogP contribution in [-0.4, -0.2) is 47.1 Å². The number of fused-ring (bicyclic) bond motifs is 3. The molecule has 1 amide bonds. The number of aliphatic hydroxyl groups excluding tert-OH is 1. The second-order valence-corrected chi connectivity index (χ2v) is 10.6. The summed E-state index contributed by atoms with van der Waals surface area (Å²) >= 11 is 9.58. The molecule has 4 aromatic rings. The third-order valence-electron chi connectivity index (χ3n) is 6.88. The number of nitrogens with two attached hydrogens (primary N) is 1. The van der Waals surface area contributed by atoms with Crippen molar-refractivity contribution in [1.29, 1.82) is 0 Å². The predicted octanol–water partition coefficient (Wildman–Crippen LogP) is 5.66. The first-order valence-electron chi connectivity index (χ1n) is 12.5. The number of nitrogens with zero attached hydrogens (tertiary/aromatic N) is 2. The van der Waals surface area contributed by atoms with Gasteiger partial charge in [0.1, 0.15) is 5.75 Å². The van der Waals surface area contributed by atoms with E-state index >= 15 is 0 Å². The van der Waals surface area contributed by atoms with E-state index in [9.17, 15) is 4.79 Å². The molecule has 5 rings (SSSR count). The van der Waals surface area contributed by atoms with Crippen LogP contribution in [0, 0.1) is 0 Å². The van der Waals surface area contributed by atoms with Gasteiger partial charge in [-0.2, -0.15) is 0 Å². The van der Waals surface area contributed by atoms with Crippen LogP contribution in [0.3, 0.4) is 0 Å². The van der Waals surface area contributed by atoms with Gasteiger partial charge in [0.2, 0.25) is 0 Å². The summed E-state index contributed by atoms with van der Waals surface area (Å²) in [6.45, 7) is 1.43. The molecule has 1 aliphatic heterocycles. The van der Waals surface area contributed by atoms with Crippen LogP contribution in [-0.2, 0) is 24.0 Å². The molecule has 38 heavy (non-hydrogen) atoms. The monoisotopic (exact) mass is 597 g/mol. The van der Waals surface area contributed by atoms with E-state index in [4.69, 9.17) is 32.0 Å². The molecule has 7 nitrogen and oxygen atoms in total. The Labute approximate surface area is 234 Å². The number of benzene rings is 3. The minimum absolute atomic E-state index is 0.0219. The van der Waals surface area contributed by atoms with Gasteiger partial charge in [0.05, 0.1) is 37.1 Å². The standard InChI is InChI=1S/C29H29BrClN3O4/c30-21-5-10-26-25(18-21)24-11-13-33(29(36)38-23-8-6-22(31)7-9-23)27(28(24)34(26)32)17-20-3-1-19(2-4-20)12-15-37-16-14-35/h1-10,18,27,35H,11-17,32H2. The van der Waals surface area contributed by atoms with E-state index in [-0.39, 0.29) is 12.6 Å². The van der Waals surface area contributed by atoms with Crippen molar-refractivity contribution >= 4 is 44.5 Å². The highest BCUT2D eigenvalue weighted by molar-refractivity contribution is 9.10. The van der Waals surface area contributed by atoms with Crippen LogP contribution in [0.25, 0.3) is 10.9 Å². The number of nitrogen functional groups attached to an aromatic ring is 1. The topological polar surface area (TPSA) is 90.0 Å². The molecule has 1 aromatic heterocycles. The van der Waals surface area contributed by atoms with Gasteiger partial charge in [-0.3, -0.25) is 9.58 Å². The van der Waals surface area contributed by atoms with E-state index in [1.54, 1.807) is 33.8 Å². The minimum Gasteiger partial charge on any atom is -0.410 e. The van der Waals surface area contributed by atoms with Crippen molar-refractivity contribution in [1.82, 2.24) is 9.58 Å². The summed E-state index contributed by atoms with van der Waals surface area (Å²) in [6, 6.07) is 20.8. The number of hydrogen-bond acceptors (Lipinski definition) is 5. The second kappa shape index (κ2) is 11.8. The molecule has 1 unspecified atom stereocenters. The SMILES string of the molecule is Nn1c2c(c3cc(Br)ccc31)CCN(C(=O)Oc1ccc(Cl)cc1)C2Cc1ccc(CCOCCO)cc1. The summed E-state index contributed by atoms with van der Waals surface area (Å²) in [5, 5.41) is 10.5. The van der Waals surface area contributed by atoms with E-state index in [0.717, 1.165) is 44.2 Å². The lowest BCUT2D eigenvalue weighted by Gasteiger charge is -2.36. The van der Waals surface area contributed by atoms with Gasteiger partial charge in [0, 0.05) is 21.4 Å². The maximum Gasteiger partial charge on any atom is 0.415 e. The zero-order valence-corrected chi connectivity index (χ0v) is 23.1. The van der Waals surface area contributed by atoms with Gasteiger partial charge in [0.15, 0.2) is 0 Å². The molecule has 0 radical (unpaired) electrons. The first-order chi connectivity index (χ1) is 18.4. The van der Waals surface area contributed by atoms with E-state index in [0.29, 0.717) is 43.4 Å². The van der Waals surface area contributed by atoms with Crippen LogP contribution in [0.2, 0.25) is 5.02 Å². The molecule has 1 atom stereocenters.